The van der Waals surface area contributed by atoms with Crippen molar-refractivity contribution in [2.24, 2.45) is 0 Å². The summed E-state index contributed by atoms with van der Waals surface area (Å²) in [5.41, 5.74) is 5.02. The van der Waals surface area contributed by atoms with E-state index in [0.29, 0.717) is 42.9 Å². The molecule has 5 rings (SSSR count). The molecule has 0 saturated heterocycles. The summed E-state index contributed by atoms with van der Waals surface area (Å²) in [6, 6.07) is 5.66. The number of carbonyl (C=O) groups is 2. The van der Waals surface area contributed by atoms with Gasteiger partial charge < -0.3 is 29.9 Å². The fourth-order valence-corrected chi connectivity index (χ4v) is 5.02. The highest BCUT2D eigenvalue weighted by molar-refractivity contribution is 5.93. The molecule has 12 heteroatoms. The molecule has 5 heterocycles. The number of hydrogen-bond acceptors (Lipinski definition) is 10. The highest BCUT2D eigenvalue weighted by atomic mass is 16.6. The molecule has 2 aliphatic heterocycles. The zero-order valence-corrected chi connectivity index (χ0v) is 25.0. The van der Waals surface area contributed by atoms with Crippen molar-refractivity contribution in [1.82, 2.24) is 19.9 Å². The molecule has 0 aliphatic carbocycles. The van der Waals surface area contributed by atoms with E-state index in [1.165, 1.54) is 5.56 Å². The van der Waals surface area contributed by atoms with Gasteiger partial charge in [0.05, 0.1) is 36.9 Å². The summed E-state index contributed by atoms with van der Waals surface area (Å²) in [6.07, 6.45) is 5.82. The highest BCUT2D eigenvalue weighted by Crippen LogP contribution is 2.40. The van der Waals surface area contributed by atoms with Gasteiger partial charge in [-0.1, -0.05) is 0 Å². The minimum atomic E-state index is -0.606. The predicted molar refractivity (Wildman–Crippen MR) is 162 cm³/mol. The van der Waals surface area contributed by atoms with Crippen molar-refractivity contribution < 1.29 is 19.1 Å². The van der Waals surface area contributed by atoms with Crippen LogP contribution in [0.15, 0.2) is 36.8 Å². The Bertz CT molecular complexity index is 1470. The van der Waals surface area contributed by atoms with Gasteiger partial charge in [0.25, 0.3) is 0 Å². The molecular formula is C30H38N8O4. The lowest BCUT2D eigenvalue weighted by Crippen LogP contribution is -2.42. The zero-order chi connectivity index (χ0) is 30.0. The van der Waals surface area contributed by atoms with Crippen molar-refractivity contribution in [2.75, 3.05) is 60.8 Å². The average Bonchev–Trinajstić information content (AvgIpc) is 2.92. The minimum absolute atomic E-state index is 0.122. The summed E-state index contributed by atoms with van der Waals surface area (Å²) < 4.78 is 11.5. The number of likely N-dealkylation sites (N-methyl/N-ethyl adjacent to an activating group) is 1. The number of amides is 2. The molecule has 0 spiro atoms. The number of hydrogen-bond donors (Lipinski definition) is 2. The Labute approximate surface area is 246 Å². The van der Waals surface area contributed by atoms with Crippen molar-refractivity contribution >= 4 is 40.7 Å². The van der Waals surface area contributed by atoms with Crippen LogP contribution in [-0.2, 0) is 22.5 Å². The molecule has 222 valence electrons. The van der Waals surface area contributed by atoms with E-state index in [0.717, 1.165) is 35.5 Å². The van der Waals surface area contributed by atoms with Crippen LogP contribution in [0.5, 0.6) is 5.88 Å². The van der Waals surface area contributed by atoms with Gasteiger partial charge in [-0.25, -0.2) is 19.7 Å². The summed E-state index contributed by atoms with van der Waals surface area (Å²) in [7, 11) is 3.68. The van der Waals surface area contributed by atoms with Crippen LogP contribution in [0.2, 0.25) is 0 Å². The quantitative estimate of drug-likeness (QED) is 0.444. The topological polar surface area (TPSA) is 125 Å². The van der Waals surface area contributed by atoms with E-state index in [4.69, 9.17) is 9.47 Å². The number of nitrogens with zero attached hydrogens (tertiary/aromatic N) is 6. The van der Waals surface area contributed by atoms with Gasteiger partial charge in [0.15, 0.2) is 0 Å². The molecular weight excluding hydrogens is 536 g/mol. The van der Waals surface area contributed by atoms with Gasteiger partial charge in [0.1, 0.15) is 29.5 Å². The Hall–Kier alpha value is -4.45. The van der Waals surface area contributed by atoms with E-state index in [1.807, 2.05) is 66.3 Å². The first-order valence-corrected chi connectivity index (χ1v) is 14.0. The summed E-state index contributed by atoms with van der Waals surface area (Å²) in [4.78, 5) is 44.3. The van der Waals surface area contributed by atoms with Gasteiger partial charge in [-0.2, -0.15) is 0 Å². The van der Waals surface area contributed by atoms with E-state index < -0.39 is 11.7 Å². The number of rotatable bonds is 6. The molecule has 3 aromatic heterocycles. The first-order chi connectivity index (χ1) is 20.0. The summed E-state index contributed by atoms with van der Waals surface area (Å²) in [5.74, 6) is 1.51. The summed E-state index contributed by atoms with van der Waals surface area (Å²) >= 11 is 0. The lowest BCUT2D eigenvalue weighted by molar-refractivity contribution is -0.116. The summed E-state index contributed by atoms with van der Waals surface area (Å²) in [5, 5.41) is 6.10. The van der Waals surface area contributed by atoms with Gasteiger partial charge >= 0.3 is 6.09 Å². The maximum atomic E-state index is 13.0. The van der Waals surface area contributed by atoms with Crippen molar-refractivity contribution in [3.05, 3.63) is 53.5 Å². The lowest BCUT2D eigenvalue weighted by atomic mass is 10.0. The van der Waals surface area contributed by atoms with Crippen LogP contribution in [-0.4, -0.2) is 77.8 Å². The molecule has 0 saturated carbocycles. The molecule has 2 amide bonds. The fourth-order valence-electron chi connectivity index (χ4n) is 5.02. The maximum Gasteiger partial charge on any atom is 0.415 e. The Morgan fingerprint density at radius 3 is 2.55 bits per heavy atom. The Morgan fingerprint density at radius 2 is 1.83 bits per heavy atom. The van der Waals surface area contributed by atoms with Gasteiger partial charge in [0.2, 0.25) is 11.8 Å². The highest BCUT2D eigenvalue weighted by Gasteiger charge is 2.32. The molecule has 0 fully saturated rings. The minimum Gasteiger partial charge on any atom is -0.474 e. The third-order valence-corrected chi connectivity index (χ3v) is 6.88. The van der Waals surface area contributed by atoms with Gasteiger partial charge in [-0.15, -0.1) is 0 Å². The standard InChI is InChI=1S/C30H38N8O4/c1-19-23(16-33-28-27(19)38(11-12-41-28)29(40)42-30(2,3)4)37-10-9-20-14-31-25(13-21(20)17-37)34-22-7-8-24(32-15-22)35-26(39)18-36(5)6/h7-8,13-16H,9-12,17-18H2,1-6H3,(H,31,34)(H,32,35,39). The lowest BCUT2D eigenvalue weighted by Gasteiger charge is -2.35. The molecule has 3 aromatic rings. The number of ether oxygens (including phenoxy) is 2. The monoisotopic (exact) mass is 574 g/mol. The maximum absolute atomic E-state index is 13.0. The van der Waals surface area contributed by atoms with Crippen LogP contribution in [0, 0.1) is 6.92 Å². The second kappa shape index (κ2) is 11.8. The van der Waals surface area contributed by atoms with E-state index in [2.05, 4.69) is 30.5 Å². The number of carbonyl (C=O) groups excluding carboxylic acids is 2. The van der Waals surface area contributed by atoms with Crippen LogP contribution in [0.3, 0.4) is 0 Å². The second-order valence-electron chi connectivity index (χ2n) is 11.8. The van der Waals surface area contributed by atoms with Crippen LogP contribution in [0.25, 0.3) is 0 Å². The molecule has 0 unspecified atom stereocenters. The second-order valence-corrected chi connectivity index (χ2v) is 11.8. The van der Waals surface area contributed by atoms with E-state index >= 15 is 0 Å². The van der Waals surface area contributed by atoms with E-state index in [9.17, 15) is 9.59 Å². The predicted octanol–water partition coefficient (Wildman–Crippen LogP) is 4.12. The van der Waals surface area contributed by atoms with E-state index in [-0.39, 0.29) is 12.5 Å². The first kappa shape index (κ1) is 29.1. The van der Waals surface area contributed by atoms with E-state index in [1.54, 1.807) is 22.1 Å². The summed E-state index contributed by atoms with van der Waals surface area (Å²) in [6.45, 7) is 10.1. The fraction of sp³-hybridized carbons (Fsp3) is 0.433. The van der Waals surface area contributed by atoms with Crippen molar-refractivity contribution in [3.63, 3.8) is 0 Å². The molecule has 0 atom stereocenters. The number of pyridine rings is 3. The van der Waals surface area contributed by atoms with Crippen LogP contribution < -0.4 is 25.2 Å². The molecule has 0 radical (unpaired) electrons. The largest absolute Gasteiger partial charge is 0.474 e. The number of aromatic nitrogens is 3. The van der Waals surface area contributed by atoms with Crippen molar-refractivity contribution in [2.45, 2.75) is 46.3 Å². The zero-order valence-electron chi connectivity index (χ0n) is 25.0. The van der Waals surface area contributed by atoms with Gasteiger partial charge in [0, 0.05) is 24.8 Å². The molecule has 0 aromatic carbocycles. The Kier molecular flexibility index (Phi) is 8.17. The normalized spacial score (nSPS) is 14.5. The molecule has 2 aliphatic rings. The first-order valence-electron chi connectivity index (χ1n) is 14.0. The number of anilines is 5. The molecule has 0 bridgehead atoms. The number of fused-ring (bicyclic) bond motifs is 2. The third kappa shape index (κ3) is 6.71. The van der Waals surface area contributed by atoms with Crippen molar-refractivity contribution in [1.29, 1.82) is 0 Å². The Morgan fingerprint density at radius 1 is 1.05 bits per heavy atom. The molecule has 42 heavy (non-hydrogen) atoms. The Balaban J connectivity index is 1.31. The number of nitrogens with one attached hydrogen (secondary N) is 2. The van der Waals surface area contributed by atoms with Crippen molar-refractivity contribution in [3.8, 4) is 5.88 Å². The third-order valence-electron chi connectivity index (χ3n) is 6.88. The van der Waals surface area contributed by atoms with Crippen LogP contribution in [0.4, 0.5) is 33.5 Å². The molecule has 12 nitrogen and oxygen atoms in total. The van der Waals surface area contributed by atoms with Gasteiger partial charge in [-0.3, -0.25) is 9.69 Å². The van der Waals surface area contributed by atoms with Crippen LogP contribution in [0.1, 0.15) is 37.5 Å². The SMILES string of the molecule is Cc1c(N2CCc3cnc(Nc4ccc(NC(=O)CN(C)C)nc4)cc3C2)cnc2c1N(C(=O)OC(C)(C)C)CCO2. The molecule has 2 N–H and O–H groups in total. The average molecular weight is 575 g/mol. The van der Waals surface area contributed by atoms with Gasteiger partial charge in [-0.05, 0) is 77.5 Å². The smallest absolute Gasteiger partial charge is 0.415 e. The van der Waals surface area contributed by atoms with Crippen LogP contribution >= 0.6 is 0 Å².